The van der Waals surface area contributed by atoms with Crippen molar-refractivity contribution in [1.82, 2.24) is 0 Å². The third-order valence-electron chi connectivity index (χ3n) is 13.2. The van der Waals surface area contributed by atoms with Crippen molar-refractivity contribution < 1.29 is 0 Å². The summed E-state index contributed by atoms with van der Waals surface area (Å²) in [6.07, 6.45) is 0. The highest BCUT2D eigenvalue weighted by Crippen LogP contribution is 2.53. The van der Waals surface area contributed by atoms with Crippen molar-refractivity contribution >= 4 is 95.3 Å². The van der Waals surface area contributed by atoms with Crippen LogP contribution < -0.4 is 0 Å². The molecule has 2 heteroatoms. The Balaban J connectivity index is 0.922. The molecule has 0 atom stereocenters. The van der Waals surface area contributed by atoms with E-state index in [-0.39, 0.29) is 5.41 Å². The number of hydrogen-bond acceptors (Lipinski definition) is 2. The molecule has 0 saturated carbocycles. The molecule has 10 aromatic carbocycles. The molecule has 0 aliphatic heterocycles. The normalized spacial score (nSPS) is 13.4. The van der Waals surface area contributed by atoms with Gasteiger partial charge in [-0.1, -0.05) is 166 Å². The maximum absolute atomic E-state index is 2.49. The minimum absolute atomic E-state index is 0.131. The van der Waals surface area contributed by atoms with E-state index >= 15 is 0 Å². The molecule has 276 valence electrons. The van der Waals surface area contributed by atoms with Gasteiger partial charge in [-0.25, -0.2) is 0 Å². The highest BCUT2D eigenvalue weighted by atomic mass is 32.1. The summed E-state index contributed by atoms with van der Waals surface area (Å²) in [5.74, 6) is 0. The minimum atomic E-state index is -0.131. The highest BCUT2D eigenvalue weighted by molar-refractivity contribution is 7.28. The molecule has 0 fully saturated rings. The first-order valence-corrected chi connectivity index (χ1v) is 22.1. The lowest BCUT2D eigenvalue weighted by Gasteiger charge is -2.23. The van der Waals surface area contributed by atoms with E-state index in [4.69, 9.17) is 0 Å². The van der Waals surface area contributed by atoms with E-state index < -0.39 is 0 Å². The Morgan fingerprint density at radius 1 is 0.322 bits per heavy atom. The number of thiophene rings is 2. The van der Waals surface area contributed by atoms with Crippen molar-refractivity contribution in [3.05, 3.63) is 193 Å². The van der Waals surface area contributed by atoms with Crippen LogP contribution in [-0.4, -0.2) is 0 Å². The molecular weight excluding hydrogens is 749 g/mol. The fourth-order valence-corrected chi connectivity index (χ4v) is 12.8. The molecule has 2 aromatic heterocycles. The Morgan fingerprint density at radius 2 is 0.881 bits per heavy atom. The van der Waals surface area contributed by atoms with Gasteiger partial charge in [-0.3, -0.25) is 0 Å². The van der Waals surface area contributed by atoms with E-state index in [1.165, 1.54) is 128 Å². The van der Waals surface area contributed by atoms with Gasteiger partial charge in [0.05, 0.1) is 0 Å². The Labute approximate surface area is 350 Å². The molecule has 59 heavy (non-hydrogen) atoms. The van der Waals surface area contributed by atoms with Crippen LogP contribution in [0.3, 0.4) is 0 Å². The minimum Gasteiger partial charge on any atom is -0.135 e. The van der Waals surface area contributed by atoms with Crippen molar-refractivity contribution in [2.75, 3.05) is 0 Å². The van der Waals surface area contributed by atoms with Crippen LogP contribution >= 0.6 is 22.7 Å². The zero-order valence-corrected chi connectivity index (χ0v) is 34.3. The van der Waals surface area contributed by atoms with E-state index in [9.17, 15) is 0 Å². The van der Waals surface area contributed by atoms with Crippen LogP contribution in [0.1, 0.15) is 25.0 Å². The van der Waals surface area contributed by atoms with Crippen molar-refractivity contribution in [2.45, 2.75) is 19.3 Å². The summed E-state index contributed by atoms with van der Waals surface area (Å²) in [7, 11) is 0. The van der Waals surface area contributed by atoms with Crippen molar-refractivity contribution in [3.63, 3.8) is 0 Å². The number of hydrogen-bond donors (Lipinski definition) is 0. The van der Waals surface area contributed by atoms with E-state index in [2.05, 4.69) is 196 Å². The smallest absolute Gasteiger partial charge is 0.0433 e. The molecule has 0 saturated heterocycles. The van der Waals surface area contributed by atoms with Crippen LogP contribution in [0.5, 0.6) is 0 Å². The molecular formula is C57H36S2. The predicted octanol–water partition coefficient (Wildman–Crippen LogP) is 17.2. The molecule has 0 N–H and O–H groups in total. The molecule has 0 nitrogen and oxygen atoms in total. The third kappa shape index (κ3) is 4.76. The van der Waals surface area contributed by atoms with Gasteiger partial charge in [0.1, 0.15) is 0 Å². The maximum atomic E-state index is 2.49. The molecule has 0 amide bonds. The summed E-state index contributed by atoms with van der Waals surface area (Å²) in [6, 6.07) is 68.6. The second-order valence-corrected chi connectivity index (χ2v) is 18.9. The second-order valence-electron chi connectivity index (χ2n) is 16.8. The van der Waals surface area contributed by atoms with Gasteiger partial charge in [0.25, 0.3) is 0 Å². The standard InChI is InChI=1S/C57H36S2/c1-57(2)49-27-23-35(36-21-25-40-47-31-53-48(32-52(47)58-51(40)30-36)45-26-20-33-12-6-7-15-38(33)56(45)59-53)28-46(49)39-24-22-37(29-50(39)57)55-43-18-10-8-16-41(43)54(34-13-4-3-5-14-34)42-17-9-11-19-44(42)55/h3-32H,1-2H3. The molecule has 13 rings (SSSR count). The Morgan fingerprint density at radius 3 is 1.63 bits per heavy atom. The van der Waals surface area contributed by atoms with E-state index in [0.29, 0.717) is 0 Å². The zero-order chi connectivity index (χ0) is 39.0. The average Bonchev–Trinajstić information content (AvgIpc) is 3.90. The number of rotatable bonds is 3. The third-order valence-corrected chi connectivity index (χ3v) is 15.6. The molecule has 0 spiro atoms. The number of fused-ring (bicyclic) bond motifs is 13. The first-order valence-electron chi connectivity index (χ1n) is 20.5. The van der Waals surface area contributed by atoms with Gasteiger partial charge in [-0.05, 0) is 118 Å². The van der Waals surface area contributed by atoms with Gasteiger partial charge >= 0.3 is 0 Å². The first kappa shape index (κ1) is 33.4. The fourth-order valence-electron chi connectivity index (χ4n) is 10.4. The van der Waals surface area contributed by atoms with Crippen LogP contribution in [-0.2, 0) is 5.41 Å². The van der Waals surface area contributed by atoms with E-state index in [0.717, 1.165) is 0 Å². The lowest BCUT2D eigenvalue weighted by atomic mass is 9.80. The molecule has 2 heterocycles. The topological polar surface area (TPSA) is 0 Å². The largest absolute Gasteiger partial charge is 0.135 e. The predicted molar refractivity (Wildman–Crippen MR) is 259 cm³/mol. The SMILES string of the molecule is CC1(C)c2ccc(-c3ccc4c(c3)sc3cc5c(cc34)sc3c4ccccc4ccc53)cc2-c2ccc(-c3c4ccccc4c(-c4ccccc4)c4ccccc34)cc21. The van der Waals surface area contributed by atoms with Gasteiger partial charge in [-0.15, -0.1) is 22.7 Å². The van der Waals surface area contributed by atoms with Crippen LogP contribution in [0.4, 0.5) is 0 Å². The van der Waals surface area contributed by atoms with Crippen LogP contribution in [0.25, 0.3) is 117 Å². The molecule has 12 aromatic rings. The van der Waals surface area contributed by atoms with Crippen LogP contribution in [0.15, 0.2) is 182 Å². The van der Waals surface area contributed by atoms with Crippen LogP contribution in [0, 0.1) is 0 Å². The Kier molecular flexibility index (Phi) is 6.92. The summed E-state index contributed by atoms with van der Waals surface area (Å²) in [5, 5.41) is 13.2. The average molecular weight is 785 g/mol. The van der Waals surface area contributed by atoms with E-state index in [1.54, 1.807) is 0 Å². The summed E-state index contributed by atoms with van der Waals surface area (Å²) in [5.41, 5.74) is 13.0. The van der Waals surface area contributed by atoms with Gasteiger partial charge in [-0.2, -0.15) is 0 Å². The lowest BCUT2D eigenvalue weighted by Crippen LogP contribution is -2.15. The Hall–Kier alpha value is -6.58. The summed E-state index contributed by atoms with van der Waals surface area (Å²) in [4.78, 5) is 0. The zero-order valence-electron chi connectivity index (χ0n) is 32.6. The van der Waals surface area contributed by atoms with E-state index in [1.807, 2.05) is 22.7 Å². The molecule has 0 bridgehead atoms. The fraction of sp³-hybridized carbons (Fsp3) is 0.0526. The molecule has 0 unspecified atom stereocenters. The van der Waals surface area contributed by atoms with Crippen LogP contribution in [0.2, 0.25) is 0 Å². The van der Waals surface area contributed by atoms with Gasteiger partial charge in [0.15, 0.2) is 0 Å². The number of benzene rings is 10. The summed E-state index contributed by atoms with van der Waals surface area (Å²) in [6.45, 7) is 4.80. The van der Waals surface area contributed by atoms with Gasteiger partial charge in [0.2, 0.25) is 0 Å². The second kappa shape index (κ2) is 12.2. The quantitative estimate of drug-likeness (QED) is 0.157. The van der Waals surface area contributed by atoms with Crippen molar-refractivity contribution in [2.24, 2.45) is 0 Å². The van der Waals surface area contributed by atoms with Crippen molar-refractivity contribution in [3.8, 4) is 44.5 Å². The molecule has 1 aliphatic rings. The molecule has 0 radical (unpaired) electrons. The van der Waals surface area contributed by atoms with Crippen molar-refractivity contribution in [1.29, 1.82) is 0 Å². The highest BCUT2D eigenvalue weighted by Gasteiger charge is 2.36. The Bertz CT molecular complexity index is 3690. The first-order chi connectivity index (χ1) is 29.0. The van der Waals surface area contributed by atoms with Gasteiger partial charge in [0, 0.05) is 45.8 Å². The monoisotopic (exact) mass is 784 g/mol. The molecule has 1 aliphatic carbocycles. The van der Waals surface area contributed by atoms with Gasteiger partial charge < -0.3 is 0 Å². The summed E-state index contributed by atoms with van der Waals surface area (Å²) < 4.78 is 5.45. The summed E-state index contributed by atoms with van der Waals surface area (Å²) >= 11 is 3.85. The lowest BCUT2D eigenvalue weighted by molar-refractivity contribution is 0.660. The maximum Gasteiger partial charge on any atom is 0.0433 e.